The Morgan fingerprint density at radius 1 is 1.09 bits per heavy atom. The second-order valence-electron chi connectivity index (χ2n) is 12.4. The predicted octanol–water partition coefficient (Wildman–Crippen LogP) is 3.16. The standard InChI is InChI=1S/C27H43NO6/c1-15(4-7-23(32)28-21(14-29)25(33)34)18-5-6-19-24-20(9-11-27(18,19)3)26(2)10-8-17(30)12-16(26)13-22(24)31/h15-21,24,29-30H,4-14H2,1-3H3,(H,28,32)(H,33,34)/t15?,16-,17+,18?,19?,20?,21-,24?,26?,27?/m0/s1. The Morgan fingerprint density at radius 3 is 2.44 bits per heavy atom. The molecular formula is C27H43NO6. The van der Waals surface area contributed by atoms with E-state index in [2.05, 4.69) is 26.1 Å². The maximum absolute atomic E-state index is 13.5. The van der Waals surface area contributed by atoms with Gasteiger partial charge in [-0.2, -0.15) is 0 Å². The Labute approximate surface area is 203 Å². The number of aliphatic hydroxyl groups excluding tert-OH is 2. The first-order valence-corrected chi connectivity index (χ1v) is 13.3. The normalized spacial score (nSPS) is 43.3. The largest absolute Gasteiger partial charge is 0.480 e. The monoisotopic (exact) mass is 477 g/mol. The molecule has 1 amide bonds. The summed E-state index contributed by atoms with van der Waals surface area (Å²) < 4.78 is 0. The van der Waals surface area contributed by atoms with Gasteiger partial charge in [-0.3, -0.25) is 9.59 Å². The van der Waals surface area contributed by atoms with Crippen LogP contribution in [0.15, 0.2) is 0 Å². The Morgan fingerprint density at radius 2 is 1.76 bits per heavy atom. The second kappa shape index (κ2) is 9.53. The number of amides is 1. The van der Waals surface area contributed by atoms with E-state index in [1.54, 1.807) is 0 Å². The number of Topliss-reactive ketones (excluding diaryl/α,β-unsaturated/α-hetero) is 1. The van der Waals surface area contributed by atoms with Crippen LogP contribution < -0.4 is 5.32 Å². The van der Waals surface area contributed by atoms with Crippen molar-refractivity contribution in [3.8, 4) is 0 Å². The first kappa shape index (κ1) is 25.6. The molecule has 192 valence electrons. The van der Waals surface area contributed by atoms with Crippen molar-refractivity contribution in [2.75, 3.05) is 6.61 Å². The molecule has 7 unspecified atom stereocenters. The van der Waals surface area contributed by atoms with Gasteiger partial charge in [-0.25, -0.2) is 4.79 Å². The molecule has 4 aliphatic rings. The van der Waals surface area contributed by atoms with Crippen LogP contribution in [0.5, 0.6) is 0 Å². The maximum atomic E-state index is 13.5. The van der Waals surface area contributed by atoms with Gasteiger partial charge in [0.05, 0.1) is 12.7 Å². The molecule has 0 bridgehead atoms. The number of hydrogen-bond acceptors (Lipinski definition) is 5. The molecule has 34 heavy (non-hydrogen) atoms. The zero-order valence-corrected chi connectivity index (χ0v) is 21.0. The molecule has 4 N–H and O–H groups in total. The topological polar surface area (TPSA) is 124 Å². The molecule has 10 atom stereocenters. The van der Waals surface area contributed by atoms with Gasteiger partial charge in [0.15, 0.2) is 0 Å². The highest BCUT2D eigenvalue weighted by Gasteiger charge is 2.63. The van der Waals surface area contributed by atoms with Crippen LogP contribution >= 0.6 is 0 Å². The summed E-state index contributed by atoms with van der Waals surface area (Å²) >= 11 is 0. The molecule has 7 heteroatoms. The Kier molecular flexibility index (Phi) is 7.18. The first-order valence-electron chi connectivity index (χ1n) is 13.3. The van der Waals surface area contributed by atoms with E-state index in [0.717, 1.165) is 44.9 Å². The summed E-state index contributed by atoms with van der Waals surface area (Å²) in [6.45, 7) is 6.34. The minimum absolute atomic E-state index is 0.0960. The van der Waals surface area contributed by atoms with Gasteiger partial charge in [0.2, 0.25) is 5.91 Å². The highest BCUT2D eigenvalue weighted by molar-refractivity contribution is 5.84. The molecular weight excluding hydrogens is 434 g/mol. The molecule has 4 fully saturated rings. The van der Waals surface area contributed by atoms with E-state index < -0.39 is 18.6 Å². The van der Waals surface area contributed by atoms with Crippen LogP contribution in [0.2, 0.25) is 0 Å². The second-order valence-corrected chi connectivity index (χ2v) is 12.4. The average molecular weight is 478 g/mol. The quantitative estimate of drug-likeness (QED) is 0.447. The van der Waals surface area contributed by atoms with E-state index in [1.165, 1.54) is 0 Å². The molecule has 0 aromatic carbocycles. The van der Waals surface area contributed by atoms with Gasteiger partial charge in [-0.15, -0.1) is 0 Å². The summed E-state index contributed by atoms with van der Waals surface area (Å²) in [5, 5.41) is 30.8. The van der Waals surface area contributed by atoms with Crippen molar-refractivity contribution in [2.45, 2.75) is 97.1 Å². The molecule has 0 saturated heterocycles. The van der Waals surface area contributed by atoms with Gasteiger partial charge in [-0.05, 0) is 91.8 Å². The third-order valence-corrected chi connectivity index (χ3v) is 10.8. The molecule has 0 spiro atoms. The fourth-order valence-corrected chi connectivity index (χ4v) is 8.90. The molecule has 4 aliphatic carbocycles. The van der Waals surface area contributed by atoms with Crippen molar-refractivity contribution in [2.24, 2.45) is 46.3 Å². The number of hydrogen-bond donors (Lipinski definition) is 4. The third kappa shape index (κ3) is 4.32. The van der Waals surface area contributed by atoms with Crippen molar-refractivity contribution in [3.05, 3.63) is 0 Å². The van der Waals surface area contributed by atoms with Crippen LogP contribution in [-0.2, 0) is 14.4 Å². The summed E-state index contributed by atoms with van der Waals surface area (Å²) in [6, 6.07) is -1.25. The fourth-order valence-electron chi connectivity index (χ4n) is 8.90. The van der Waals surface area contributed by atoms with E-state index in [1.807, 2.05) is 0 Å². The summed E-state index contributed by atoms with van der Waals surface area (Å²) in [6.07, 6.45) is 8.28. The van der Waals surface area contributed by atoms with Crippen molar-refractivity contribution in [1.29, 1.82) is 0 Å². The maximum Gasteiger partial charge on any atom is 0.328 e. The van der Waals surface area contributed by atoms with E-state index in [0.29, 0.717) is 48.2 Å². The highest BCUT2D eigenvalue weighted by Crippen LogP contribution is 2.67. The van der Waals surface area contributed by atoms with Crippen molar-refractivity contribution in [3.63, 3.8) is 0 Å². The SMILES string of the molecule is CC(CCC(=O)N[C@@H](CO)C(=O)O)C1CCC2C3C(=O)C[C@@H]4C[C@H](O)CCC4(C)C3CCC12C. The molecule has 4 saturated carbocycles. The van der Waals surface area contributed by atoms with Crippen molar-refractivity contribution < 1.29 is 29.7 Å². The van der Waals surface area contributed by atoms with Gasteiger partial charge in [0.1, 0.15) is 11.8 Å². The average Bonchev–Trinajstić information content (AvgIpc) is 3.14. The smallest absolute Gasteiger partial charge is 0.328 e. The highest BCUT2D eigenvalue weighted by atomic mass is 16.4. The van der Waals surface area contributed by atoms with Crippen molar-refractivity contribution in [1.82, 2.24) is 5.32 Å². The lowest BCUT2D eigenvalue weighted by molar-refractivity contribution is -0.160. The number of aliphatic hydroxyl groups is 2. The zero-order chi connectivity index (χ0) is 24.8. The van der Waals surface area contributed by atoms with E-state index in [9.17, 15) is 19.5 Å². The van der Waals surface area contributed by atoms with Crippen molar-refractivity contribution >= 4 is 17.7 Å². The minimum atomic E-state index is -1.25. The van der Waals surface area contributed by atoms with Crippen LogP contribution in [0.1, 0.15) is 85.0 Å². The van der Waals surface area contributed by atoms with Gasteiger partial charge in [0, 0.05) is 18.8 Å². The summed E-state index contributed by atoms with van der Waals surface area (Å²) in [7, 11) is 0. The third-order valence-electron chi connectivity index (χ3n) is 10.8. The van der Waals surface area contributed by atoms with Gasteiger partial charge in [-0.1, -0.05) is 20.8 Å². The van der Waals surface area contributed by atoms with Crippen LogP contribution in [0, 0.1) is 46.3 Å². The molecule has 0 radical (unpaired) electrons. The van der Waals surface area contributed by atoms with Crippen LogP contribution in [0.25, 0.3) is 0 Å². The summed E-state index contributed by atoms with van der Waals surface area (Å²) in [5.41, 5.74) is 0.257. The number of aliphatic carboxylic acids is 1. The van der Waals surface area contributed by atoms with Gasteiger partial charge in [0.25, 0.3) is 0 Å². The lowest BCUT2D eigenvalue weighted by Gasteiger charge is -2.60. The van der Waals surface area contributed by atoms with E-state index in [-0.39, 0.29) is 35.2 Å². The number of carbonyl (C=O) groups is 3. The number of rotatable bonds is 7. The molecule has 4 rings (SSSR count). The zero-order valence-electron chi connectivity index (χ0n) is 21.0. The van der Waals surface area contributed by atoms with E-state index >= 15 is 0 Å². The molecule has 0 heterocycles. The number of fused-ring (bicyclic) bond motifs is 5. The number of carbonyl (C=O) groups excluding carboxylic acids is 2. The molecule has 0 aromatic rings. The Hall–Kier alpha value is -1.47. The van der Waals surface area contributed by atoms with Crippen LogP contribution in [0.3, 0.4) is 0 Å². The lowest BCUT2D eigenvalue weighted by atomic mass is 9.44. The van der Waals surface area contributed by atoms with Crippen LogP contribution in [0.4, 0.5) is 0 Å². The molecule has 0 aliphatic heterocycles. The number of nitrogens with one attached hydrogen (secondary N) is 1. The van der Waals surface area contributed by atoms with E-state index in [4.69, 9.17) is 10.2 Å². The van der Waals surface area contributed by atoms with Crippen LogP contribution in [-0.4, -0.2) is 51.7 Å². The number of carboxylic acid groups (broad SMARTS) is 1. The molecule has 7 nitrogen and oxygen atoms in total. The first-order chi connectivity index (χ1) is 16.0. The van der Waals surface area contributed by atoms with Gasteiger partial charge < -0.3 is 20.6 Å². The number of ketones is 1. The number of carboxylic acids is 1. The molecule has 0 aromatic heterocycles. The summed E-state index contributed by atoms with van der Waals surface area (Å²) in [4.78, 5) is 36.8. The Bertz CT molecular complexity index is 815. The predicted molar refractivity (Wildman–Crippen MR) is 127 cm³/mol. The Balaban J connectivity index is 1.43. The lowest BCUT2D eigenvalue weighted by Crippen LogP contribution is -2.57. The summed E-state index contributed by atoms with van der Waals surface area (Å²) in [5.74, 6) is 0.895. The minimum Gasteiger partial charge on any atom is -0.480 e. The van der Waals surface area contributed by atoms with Gasteiger partial charge >= 0.3 is 5.97 Å². The fraction of sp³-hybridized carbons (Fsp3) is 0.889.